The third kappa shape index (κ3) is 3.77. The number of halogens is 3. The molecule has 5 aliphatic rings. The highest BCUT2D eigenvalue weighted by molar-refractivity contribution is 5.82. The molecular weight excluding hydrogens is 437 g/mol. The van der Waals surface area contributed by atoms with E-state index in [-0.39, 0.29) is 23.7 Å². The molecule has 0 saturated heterocycles. The summed E-state index contributed by atoms with van der Waals surface area (Å²) in [5, 5.41) is 3.67. The number of carbonyl (C=O) groups is 1. The molecule has 188 valence electrons. The number of hydrogen-bond donors (Lipinski definition) is 0. The van der Waals surface area contributed by atoms with Crippen molar-refractivity contribution in [3.8, 4) is 0 Å². The van der Waals surface area contributed by atoms with Gasteiger partial charge in [0, 0.05) is 12.1 Å². The summed E-state index contributed by atoms with van der Waals surface area (Å²) in [6, 6.07) is 0.980. The number of nitrogens with zero attached hydrogens (tertiary/aromatic N) is 2. The minimum atomic E-state index is -4.47. The van der Waals surface area contributed by atoms with Crippen LogP contribution in [0.25, 0.3) is 0 Å². The van der Waals surface area contributed by atoms with Crippen LogP contribution in [-0.2, 0) is 17.5 Å². The van der Waals surface area contributed by atoms with Crippen molar-refractivity contribution in [3.63, 3.8) is 0 Å². The van der Waals surface area contributed by atoms with Crippen molar-refractivity contribution in [1.29, 1.82) is 0 Å². The number of hydrogen-bond acceptors (Lipinski definition) is 2. The standard InChI is InChI=1S/C28H39F3N2O/c1-16-3-7-19-18(13-16)6-8-21-20(19)9-11-27(2)23(14-22(26(21)27)17-4-5-17)24(34)15-33-12-10-25(32-33)28(29,30)31/h10,12,16-23,26H,3-9,11,13-15H2,1-2H3. The zero-order valence-electron chi connectivity index (χ0n) is 20.6. The van der Waals surface area contributed by atoms with Gasteiger partial charge in [-0.1, -0.05) is 20.3 Å². The van der Waals surface area contributed by atoms with Crippen LogP contribution in [0.5, 0.6) is 0 Å². The van der Waals surface area contributed by atoms with Gasteiger partial charge in [-0.15, -0.1) is 0 Å². The van der Waals surface area contributed by atoms with Crippen LogP contribution < -0.4 is 0 Å². The fourth-order valence-corrected chi connectivity index (χ4v) is 9.64. The molecule has 6 heteroatoms. The van der Waals surface area contributed by atoms with Gasteiger partial charge in [-0.3, -0.25) is 9.48 Å². The van der Waals surface area contributed by atoms with Gasteiger partial charge >= 0.3 is 6.18 Å². The predicted octanol–water partition coefficient (Wildman–Crippen LogP) is 7.01. The van der Waals surface area contributed by atoms with Crippen molar-refractivity contribution < 1.29 is 18.0 Å². The lowest BCUT2D eigenvalue weighted by Gasteiger charge is -2.57. The van der Waals surface area contributed by atoms with Gasteiger partial charge in [0.1, 0.15) is 0 Å². The molecule has 0 spiro atoms. The van der Waals surface area contributed by atoms with Crippen LogP contribution >= 0.6 is 0 Å². The molecule has 0 aromatic carbocycles. The summed E-state index contributed by atoms with van der Waals surface area (Å²) in [6.45, 7) is 4.77. The Bertz CT molecular complexity index is 936. The highest BCUT2D eigenvalue weighted by Crippen LogP contribution is 2.69. The van der Waals surface area contributed by atoms with Gasteiger partial charge in [-0.25, -0.2) is 0 Å². The van der Waals surface area contributed by atoms with Gasteiger partial charge < -0.3 is 0 Å². The third-order valence-electron chi connectivity index (χ3n) is 11.1. The van der Waals surface area contributed by atoms with Crippen molar-refractivity contribution in [1.82, 2.24) is 9.78 Å². The average molecular weight is 477 g/mol. The largest absolute Gasteiger partial charge is 0.435 e. The Morgan fingerprint density at radius 1 is 1.00 bits per heavy atom. The highest BCUT2D eigenvalue weighted by atomic mass is 19.4. The average Bonchev–Trinajstić information content (AvgIpc) is 3.41. The van der Waals surface area contributed by atoms with Crippen LogP contribution in [0.1, 0.15) is 83.7 Å². The Labute approximate surface area is 201 Å². The Kier molecular flexibility index (Phi) is 5.50. The number of aromatic nitrogens is 2. The minimum absolute atomic E-state index is 0.000309. The van der Waals surface area contributed by atoms with E-state index in [0.29, 0.717) is 11.8 Å². The van der Waals surface area contributed by atoms with Gasteiger partial charge in [0.25, 0.3) is 0 Å². The Morgan fingerprint density at radius 2 is 1.74 bits per heavy atom. The quantitative estimate of drug-likeness (QED) is 0.468. The van der Waals surface area contributed by atoms with E-state index in [1.165, 1.54) is 62.2 Å². The SMILES string of the molecule is CC1CCC2C(CCC3C2CCC2(C)C(C(=O)Cn4ccc(C(F)(F)F)n4)CC(C4CC4)C32)C1. The molecule has 0 N–H and O–H groups in total. The van der Waals surface area contributed by atoms with Gasteiger partial charge in [0.15, 0.2) is 11.5 Å². The van der Waals surface area contributed by atoms with E-state index >= 15 is 0 Å². The van der Waals surface area contributed by atoms with E-state index in [1.54, 1.807) is 0 Å². The molecule has 9 atom stereocenters. The first-order chi connectivity index (χ1) is 16.1. The Hall–Kier alpha value is -1.33. The molecule has 5 aliphatic carbocycles. The molecule has 0 amide bonds. The van der Waals surface area contributed by atoms with Gasteiger partial charge in [0.2, 0.25) is 0 Å². The minimum Gasteiger partial charge on any atom is -0.297 e. The summed E-state index contributed by atoms with van der Waals surface area (Å²) >= 11 is 0. The van der Waals surface area contributed by atoms with Crippen molar-refractivity contribution in [2.75, 3.05) is 0 Å². The lowest BCUT2D eigenvalue weighted by Crippen LogP contribution is -2.50. The second kappa shape index (κ2) is 8.09. The molecular formula is C28H39F3N2O. The van der Waals surface area contributed by atoms with Crippen LogP contribution in [0, 0.1) is 58.7 Å². The molecule has 0 aliphatic heterocycles. The van der Waals surface area contributed by atoms with Crippen molar-refractivity contribution >= 4 is 5.78 Å². The summed E-state index contributed by atoms with van der Waals surface area (Å²) in [5.41, 5.74) is -0.911. The zero-order valence-corrected chi connectivity index (χ0v) is 20.6. The first-order valence-electron chi connectivity index (χ1n) is 13.8. The molecule has 1 aromatic rings. The summed E-state index contributed by atoms with van der Waals surface area (Å²) < 4.78 is 40.2. The number of carbonyl (C=O) groups excluding carboxylic acids is 1. The van der Waals surface area contributed by atoms with Gasteiger partial charge in [-0.2, -0.15) is 18.3 Å². The smallest absolute Gasteiger partial charge is 0.297 e. The molecule has 34 heavy (non-hydrogen) atoms. The van der Waals surface area contributed by atoms with E-state index in [2.05, 4.69) is 18.9 Å². The van der Waals surface area contributed by atoms with Crippen molar-refractivity contribution in [2.24, 2.45) is 58.7 Å². The lowest BCUT2D eigenvalue weighted by atomic mass is 9.48. The maximum Gasteiger partial charge on any atom is 0.435 e. The fraction of sp³-hybridized carbons (Fsp3) is 0.857. The van der Waals surface area contributed by atoms with Gasteiger partial charge in [-0.05, 0) is 117 Å². The summed E-state index contributed by atoms with van der Waals surface area (Å²) in [7, 11) is 0. The van der Waals surface area contributed by atoms with E-state index in [4.69, 9.17) is 0 Å². The molecule has 0 radical (unpaired) electrons. The first kappa shape index (κ1) is 23.1. The van der Waals surface area contributed by atoms with Gasteiger partial charge in [0.05, 0.1) is 6.54 Å². The van der Waals surface area contributed by atoms with E-state index in [1.807, 2.05) is 0 Å². The lowest BCUT2D eigenvalue weighted by molar-refractivity contribution is -0.142. The molecule has 1 aromatic heterocycles. The van der Waals surface area contributed by atoms with Crippen LogP contribution in [-0.4, -0.2) is 15.6 Å². The van der Waals surface area contributed by atoms with E-state index in [0.717, 1.165) is 54.4 Å². The number of fused-ring (bicyclic) bond motifs is 5. The summed E-state index contributed by atoms with van der Waals surface area (Å²) in [6.07, 6.45) is 9.64. The first-order valence-corrected chi connectivity index (χ1v) is 13.8. The molecule has 5 fully saturated rings. The van der Waals surface area contributed by atoms with E-state index < -0.39 is 11.9 Å². The molecule has 3 nitrogen and oxygen atoms in total. The number of alkyl halides is 3. The predicted molar refractivity (Wildman–Crippen MR) is 124 cm³/mol. The van der Waals surface area contributed by atoms with Crippen LogP contribution in [0.2, 0.25) is 0 Å². The third-order valence-corrected chi connectivity index (χ3v) is 11.1. The highest BCUT2D eigenvalue weighted by Gasteiger charge is 2.63. The van der Waals surface area contributed by atoms with Crippen LogP contribution in [0.4, 0.5) is 13.2 Å². The maximum atomic E-state index is 13.6. The maximum absolute atomic E-state index is 13.6. The monoisotopic (exact) mass is 476 g/mol. The topological polar surface area (TPSA) is 34.9 Å². The summed E-state index contributed by atoms with van der Waals surface area (Å²) in [5.74, 6) is 6.35. The number of Topliss-reactive ketones (excluding diaryl/α,β-unsaturated/α-hetero) is 1. The Balaban J connectivity index is 1.24. The van der Waals surface area contributed by atoms with Crippen LogP contribution in [0.3, 0.4) is 0 Å². The van der Waals surface area contributed by atoms with Crippen LogP contribution in [0.15, 0.2) is 12.3 Å². The fourth-order valence-electron chi connectivity index (χ4n) is 9.64. The second-order valence-corrected chi connectivity index (χ2v) is 13.0. The van der Waals surface area contributed by atoms with Crippen molar-refractivity contribution in [2.45, 2.75) is 90.8 Å². The molecule has 0 bridgehead atoms. The number of ketones is 1. The normalized spacial score (nSPS) is 44.3. The molecule has 5 saturated carbocycles. The van der Waals surface area contributed by atoms with E-state index in [9.17, 15) is 18.0 Å². The molecule has 1 heterocycles. The summed E-state index contributed by atoms with van der Waals surface area (Å²) in [4.78, 5) is 13.6. The Morgan fingerprint density at radius 3 is 2.44 bits per heavy atom. The molecule has 6 rings (SSSR count). The molecule has 9 unspecified atom stereocenters. The van der Waals surface area contributed by atoms with Crippen molar-refractivity contribution in [3.05, 3.63) is 18.0 Å². The second-order valence-electron chi connectivity index (χ2n) is 13.0. The number of rotatable bonds is 4. The zero-order chi connectivity index (χ0) is 23.8.